The molecule has 9 heteroatoms. The molecule has 2 aromatic carbocycles. The standard InChI is InChI=1S/C30H33N7O2/c1-20(21-8-12-31-13-9-21)39-30(38)37-15-11-23-16-24(2-3-25(23)19-37)29-32-14-10-28(36-29)35-27-6-4-22(5-7-27)26-17-33-34-18-26/h2-7,10,14,16-18,20-21,31H,8-9,11-13,15,19H2,1H3,(H,33,34)(H,32,35,36). The highest BCUT2D eigenvalue weighted by molar-refractivity contribution is 5.69. The Labute approximate surface area is 228 Å². The van der Waals surface area contributed by atoms with Crippen LogP contribution in [0.2, 0.25) is 0 Å². The lowest BCUT2D eigenvalue weighted by atomic mass is 9.93. The molecule has 9 nitrogen and oxygen atoms in total. The van der Waals surface area contributed by atoms with Gasteiger partial charge in [0, 0.05) is 42.3 Å². The molecule has 1 unspecified atom stereocenters. The van der Waals surface area contributed by atoms with E-state index in [9.17, 15) is 4.79 Å². The van der Waals surface area contributed by atoms with Gasteiger partial charge in [0.2, 0.25) is 0 Å². The van der Waals surface area contributed by atoms with Gasteiger partial charge in [-0.15, -0.1) is 0 Å². The number of carbonyl (C=O) groups is 1. The van der Waals surface area contributed by atoms with Gasteiger partial charge in [0.25, 0.3) is 0 Å². The first-order chi connectivity index (χ1) is 19.1. The second-order valence-corrected chi connectivity index (χ2v) is 10.3. The van der Waals surface area contributed by atoms with E-state index in [1.54, 1.807) is 12.4 Å². The number of rotatable bonds is 6. The van der Waals surface area contributed by atoms with E-state index in [-0.39, 0.29) is 12.2 Å². The Kier molecular flexibility index (Phi) is 7.23. The average Bonchev–Trinajstić information content (AvgIpc) is 3.53. The number of anilines is 2. The van der Waals surface area contributed by atoms with E-state index in [0.717, 1.165) is 66.1 Å². The molecule has 1 fully saturated rings. The van der Waals surface area contributed by atoms with Gasteiger partial charge < -0.3 is 20.3 Å². The van der Waals surface area contributed by atoms with Gasteiger partial charge in [0.1, 0.15) is 11.9 Å². The van der Waals surface area contributed by atoms with Crippen LogP contribution in [0.4, 0.5) is 16.3 Å². The van der Waals surface area contributed by atoms with Crippen LogP contribution in [-0.2, 0) is 17.7 Å². The van der Waals surface area contributed by atoms with E-state index < -0.39 is 0 Å². The first kappa shape index (κ1) is 25.1. The number of aromatic amines is 1. The highest BCUT2D eigenvalue weighted by Crippen LogP contribution is 2.27. The van der Waals surface area contributed by atoms with E-state index in [4.69, 9.17) is 9.72 Å². The van der Waals surface area contributed by atoms with Gasteiger partial charge in [-0.3, -0.25) is 5.10 Å². The number of fused-ring (bicyclic) bond motifs is 1. The Hall–Kier alpha value is -4.24. The number of ether oxygens (including phenoxy) is 1. The maximum atomic E-state index is 12.9. The summed E-state index contributed by atoms with van der Waals surface area (Å²) in [5.41, 5.74) is 6.41. The number of aromatic nitrogens is 4. The third-order valence-corrected chi connectivity index (χ3v) is 7.71. The molecular weight excluding hydrogens is 490 g/mol. The van der Waals surface area contributed by atoms with Crippen LogP contribution in [0.5, 0.6) is 0 Å². The van der Waals surface area contributed by atoms with Crippen LogP contribution in [0.15, 0.2) is 67.1 Å². The summed E-state index contributed by atoms with van der Waals surface area (Å²) in [4.78, 5) is 24.0. The number of benzene rings is 2. The number of carbonyl (C=O) groups excluding carboxylic acids is 1. The van der Waals surface area contributed by atoms with Gasteiger partial charge in [-0.25, -0.2) is 14.8 Å². The zero-order valence-electron chi connectivity index (χ0n) is 22.1. The van der Waals surface area contributed by atoms with Crippen molar-refractivity contribution in [3.05, 3.63) is 78.2 Å². The fourth-order valence-electron chi connectivity index (χ4n) is 5.36. The van der Waals surface area contributed by atoms with E-state index in [0.29, 0.717) is 24.8 Å². The lowest BCUT2D eigenvalue weighted by Crippen LogP contribution is -2.40. The molecule has 2 aromatic heterocycles. The Morgan fingerprint density at radius 1 is 1.05 bits per heavy atom. The summed E-state index contributed by atoms with van der Waals surface area (Å²) in [6, 6.07) is 16.3. The molecule has 3 N–H and O–H groups in total. The lowest BCUT2D eigenvalue weighted by molar-refractivity contribution is 0.0331. The number of H-pyrrole nitrogens is 1. The zero-order valence-corrected chi connectivity index (χ0v) is 22.1. The number of amides is 1. The SMILES string of the molecule is CC(OC(=O)N1CCc2cc(-c3nccc(Nc4ccc(-c5cn[nH]c5)cc4)n3)ccc2C1)C1CCNCC1. The van der Waals surface area contributed by atoms with Crippen molar-refractivity contribution in [2.45, 2.75) is 38.8 Å². The molecule has 0 saturated carbocycles. The van der Waals surface area contributed by atoms with Gasteiger partial charge in [0.05, 0.1) is 6.20 Å². The molecule has 6 rings (SSSR count). The molecule has 0 spiro atoms. The summed E-state index contributed by atoms with van der Waals surface area (Å²) < 4.78 is 5.85. The lowest BCUT2D eigenvalue weighted by Gasteiger charge is -2.32. The van der Waals surface area contributed by atoms with Gasteiger partial charge in [-0.2, -0.15) is 5.10 Å². The predicted molar refractivity (Wildman–Crippen MR) is 150 cm³/mol. The summed E-state index contributed by atoms with van der Waals surface area (Å²) in [5, 5.41) is 13.6. The smallest absolute Gasteiger partial charge is 0.410 e. The number of piperidine rings is 1. The third kappa shape index (κ3) is 5.78. The van der Waals surface area contributed by atoms with Gasteiger partial charge in [-0.1, -0.05) is 24.3 Å². The van der Waals surface area contributed by atoms with Crippen molar-refractivity contribution in [2.24, 2.45) is 5.92 Å². The maximum absolute atomic E-state index is 12.9. The van der Waals surface area contributed by atoms with Crippen LogP contribution >= 0.6 is 0 Å². The molecule has 4 heterocycles. The van der Waals surface area contributed by atoms with Crippen molar-refractivity contribution >= 4 is 17.6 Å². The number of nitrogens with zero attached hydrogens (tertiary/aromatic N) is 4. The van der Waals surface area contributed by atoms with Crippen molar-refractivity contribution in [1.82, 2.24) is 30.4 Å². The maximum Gasteiger partial charge on any atom is 0.410 e. The van der Waals surface area contributed by atoms with Gasteiger partial charge in [0.15, 0.2) is 5.82 Å². The van der Waals surface area contributed by atoms with E-state index >= 15 is 0 Å². The molecule has 1 atom stereocenters. The molecule has 2 aliphatic rings. The largest absolute Gasteiger partial charge is 0.446 e. The fraction of sp³-hybridized carbons (Fsp3) is 0.333. The second kappa shape index (κ2) is 11.2. The Bertz CT molecular complexity index is 1420. The molecule has 0 radical (unpaired) electrons. The summed E-state index contributed by atoms with van der Waals surface area (Å²) in [6.07, 6.45) is 8.06. The van der Waals surface area contributed by atoms with Gasteiger partial charge in [-0.05, 0) is 86.1 Å². The molecule has 0 aliphatic carbocycles. The first-order valence-corrected chi connectivity index (χ1v) is 13.6. The third-order valence-electron chi connectivity index (χ3n) is 7.71. The molecule has 200 valence electrons. The highest BCUT2D eigenvalue weighted by atomic mass is 16.6. The van der Waals surface area contributed by atoms with Gasteiger partial charge >= 0.3 is 6.09 Å². The monoisotopic (exact) mass is 523 g/mol. The van der Waals surface area contributed by atoms with E-state index in [1.165, 1.54) is 5.56 Å². The van der Waals surface area contributed by atoms with Crippen LogP contribution in [0.1, 0.15) is 30.9 Å². The van der Waals surface area contributed by atoms with Crippen molar-refractivity contribution in [3.63, 3.8) is 0 Å². The number of hydrogen-bond acceptors (Lipinski definition) is 7. The van der Waals surface area contributed by atoms with Crippen LogP contribution in [0.3, 0.4) is 0 Å². The minimum Gasteiger partial charge on any atom is -0.446 e. The molecular formula is C30H33N7O2. The Morgan fingerprint density at radius 3 is 2.67 bits per heavy atom. The summed E-state index contributed by atoms with van der Waals surface area (Å²) in [5.74, 6) is 1.82. The minimum absolute atomic E-state index is 0.0595. The summed E-state index contributed by atoms with van der Waals surface area (Å²) in [7, 11) is 0. The van der Waals surface area contributed by atoms with E-state index in [1.807, 2.05) is 54.4 Å². The quantitative estimate of drug-likeness (QED) is 0.320. The highest BCUT2D eigenvalue weighted by Gasteiger charge is 2.27. The fourth-order valence-corrected chi connectivity index (χ4v) is 5.36. The van der Waals surface area contributed by atoms with Crippen molar-refractivity contribution in [1.29, 1.82) is 0 Å². The second-order valence-electron chi connectivity index (χ2n) is 10.3. The molecule has 4 aromatic rings. The molecule has 0 bridgehead atoms. The Balaban J connectivity index is 1.10. The van der Waals surface area contributed by atoms with E-state index in [2.05, 4.69) is 37.9 Å². The Morgan fingerprint density at radius 2 is 1.87 bits per heavy atom. The minimum atomic E-state index is -0.212. The number of nitrogens with one attached hydrogen (secondary N) is 3. The van der Waals surface area contributed by atoms with Crippen molar-refractivity contribution in [2.75, 3.05) is 25.0 Å². The van der Waals surface area contributed by atoms with Crippen LogP contribution in [-0.4, -0.2) is 56.9 Å². The molecule has 1 saturated heterocycles. The predicted octanol–water partition coefficient (Wildman–Crippen LogP) is 5.16. The summed E-state index contributed by atoms with van der Waals surface area (Å²) in [6.45, 7) is 5.22. The van der Waals surface area contributed by atoms with Crippen LogP contribution in [0, 0.1) is 5.92 Å². The van der Waals surface area contributed by atoms with Crippen LogP contribution < -0.4 is 10.6 Å². The molecule has 2 aliphatic heterocycles. The molecule has 1 amide bonds. The van der Waals surface area contributed by atoms with Crippen molar-refractivity contribution in [3.8, 4) is 22.5 Å². The van der Waals surface area contributed by atoms with Crippen molar-refractivity contribution < 1.29 is 9.53 Å². The average molecular weight is 524 g/mol. The number of hydrogen-bond donors (Lipinski definition) is 3. The van der Waals surface area contributed by atoms with Crippen LogP contribution in [0.25, 0.3) is 22.5 Å². The first-order valence-electron chi connectivity index (χ1n) is 13.6. The normalized spacial score (nSPS) is 16.4. The summed E-state index contributed by atoms with van der Waals surface area (Å²) >= 11 is 0. The topological polar surface area (TPSA) is 108 Å². The zero-order chi connectivity index (χ0) is 26.6. The molecule has 39 heavy (non-hydrogen) atoms.